The topological polar surface area (TPSA) is 62.5 Å². The molecular weight excluding hydrogens is 324 g/mol. The van der Waals surface area contributed by atoms with E-state index in [1.54, 1.807) is 6.07 Å². The Balaban J connectivity index is 1.52. The number of nitrogens with two attached hydrogens (primary N) is 1. The lowest BCUT2D eigenvalue weighted by atomic mass is 10.0. The zero-order valence-corrected chi connectivity index (χ0v) is 15.7. The van der Waals surface area contributed by atoms with Crippen LogP contribution in [0.1, 0.15) is 34.5 Å². The van der Waals surface area contributed by atoms with E-state index >= 15 is 0 Å². The number of carbonyl (C=O) groups excluding carboxylic acids is 1. The van der Waals surface area contributed by atoms with E-state index in [-0.39, 0.29) is 11.9 Å². The van der Waals surface area contributed by atoms with Crippen molar-refractivity contribution in [2.45, 2.75) is 32.2 Å². The Morgan fingerprint density at radius 1 is 1.27 bits per heavy atom. The molecule has 26 heavy (non-hydrogen) atoms. The first kappa shape index (κ1) is 18.4. The summed E-state index contributed by atoms with van der Waals surface area (Å²) in [5, 5.41) is 0. The fourth-order valence-electron chi connectivity index (χ4n) is 3.57. The average molecular weight is 352 g/mol. The standard InChI is InChI=1S/C21H28N4O/c1-16-6-7-17(22)15-20(16)21(26)24(2)19-9-13-25(14-10-19)12-8-18-5-3-4-11-23-18/h3-7,11,15,19H,8-10,12-14,22H2,1-2H3. The van der Waals surface area contributed by atoms with Crippen LogP contribution >= 0.6 is 0 Å². The summed E-state index contributed by atoms with van der Waals surface area (Å²) in [7, 11) is 1.92. The molecule has 2 N–H and O–H groups in total. The third-order valence-electron chi connectivity index (χ3n) is 5.33. The van der Waals surface area contributed by atoms with Crippen molar-refractivity contribution in [3.63, 3.8) is 0 Å². The number of aromatic nitrogens is 1. The van der Waals surface area contributed by atoms with Crippen LogP contribution in [0.15, 0.2) is 42.6 Å². The second-order valence-corrected chi connectivity index (χ2v) is 7.13. The molecule has 0 atom stereocenters. The number of aryl methyl sites for hydroxylation is 1. The monoisotopic (exact) mass is 352 g/mol. The number of nitrogens with zero attached hydrogens (tertiary/aromatic N) is 3. The molecule has 2 aromatic rings. The van der Waals surface area contributed by atoms with Crippen LogP contribution in [0.25, 0.3) is 0 Å². The summed E-state index contributed by atoms with van der Waals surface area (Å²) in [5.74, 6) is 0.0711. The molecule has 5 heteroatoms. The Hall–Kier alpha value is -2.40. The number of benzene rings is 1. The van der Waals surface area contributed by atoms with Crippen molar-refractivity contribution in [1.82, 2.24) is 14.8 Å². The first-order valence-electron chi connectivity index (χ1n) is 9.30. The average Bonchev–Trinajstić information content (AvgIpc) is 2.68. The minimum Gasteiger partial charge on any atom is -0.399 e. The largest absolute Gasteiger partial charge is 0.399 e. The summed E-state index contributed by atoms with van der Waals surface area (Å²) >= 11 is 0. The number of rotatable bonds is 5. The molecule has 1 aliphatic heterocycles. The minimum atomic E-state index is 0.0711. The van der Waals surface area contributed by atoms with Gasteiger partial charge in [0.25, 0.3) is 5.91 Å². The second-order valence-electron chi connectivity index (χ2n) is 7.13. The van der Waals surface area contributed by atoms with Crippen LogP contribution in [-0.2, 0) is 6.42 Å². The van der Waals surface area contributed by atoms with E-state index in [1.807, 2.05) is 49.3 Å². The maximum atomic E-state index is 12.9. The van der Waals surface area contributed by atoms with Gasteiger partial charge in [0.2, 0.25) is 0 Å². The number of hydrogen-bond donors (Lipinski definition) is 1. The molecule has 0 unspecified atom stereocenters. The number of likely N-dealkylation sites (tertiary alicyclic amines) is 1. The van der Waals surface area contributed by atoms with Crippen molar-refractivity contribution in [1.29, 1.82) is 0 Å². The molecule has 5 nitrogen and oxygen atoms in total. The maximum Gasteiger partial charge on any atom is 0.254 e. The van der Waals surface area contributed by atoms with Crippen LogP contribution in [0.5, 0.6) is 0 Å². The van der Waals surface area contributed by atoms with Gasteiger partial charge in [0, 0.05) is 62.3 Å². The van der Waals surface area contributed by atoms with Crippen molar-refractivity contribution in [2.75, 3.05) is 32.4 Å². The molecule has 1 fully saturated rings. The third kappa shape index (κ3) is 4.41. The van der Waals surface area contributed by atoms with Crippen molar-refractivity contribution >= 4 is 11.6 Å². The van der Waals surface area contributed by atoms with E-state index in [0.29, 0.717) is 11.3 Å². The van der Waals surface area contributed by atoms with Crippen LogP contribution in [-0.4, -0.2) is 53.4 Å². The molecule has 0 aliphatic carbocycles. The van der Waals surface area contributed by atoms with Gasteiger partial charge in [0.05, 0.1) is 0 Å². The summed E-state index contributed by atoms with van der Waals surface area (Å²) in [5.41, 5.74) is 9.32. The number of amides is 1. The van der Waals surface area contributed by atoms with Gasteiger partial charge in [-0.1, -0.05) is 12.1 Å². The van der Waals surface area contributed by atoms with Gasteiger partial charge in [-0.05, 0) is 49.6 Å². The SMILES string of the molecule is Cc1ccc(N)cc1C(=O)N(C)C1CCN(CCc2ccccn2)CC1. The normalized spacial score (nSPS) is 15.8. The second kappa shape index (κ2) is 8.32. The quantitative estimate of drug-likeness (QED) is 0.841. The van der Waals surface area contributed by atoms with E-state index in [0.717, 1.165) is 50.2 Å². The summed E-state index contributed by atoms with van der Waals surface area (Å²) < 4.78 is 0. The van der Waals surface area contributed by atoms with Crippen molar-refractivity contribution < 1.29 is 4.79 Å². The molecule has 0 spiro atoms. The van der Waals surface area contributed by atoms with Gasteiger partial charge in [0.15, 0.2) is 0 Å². The fourth-order valence-corrected chi connectivity index (χ4v) is 3.57. The Morgan fingerprint density at radius 2 is 2.04 bits per heavy atom. The molecule has 0 radical (unpaired) electrons. The maximum absolute atomic E-state index is 12.9. The van der Waals surface area contributed by atoms with Gasteiger partial charge in [-0.25, -0.2) is 0 Å². The predicted octanol–water partition coefficient (Wildman–Crippen LogP) is 2.75. The lowest BCUT2D eigenvalue weighted by Crippen LogP contribution is -2.46. The summed E-state index contributed by atoms with van der Waals surface area (Å²) in [4.78, 5) is 21.6. The molecule has 138 valence electrons. The molecule has 3 rings (SSSR count). The van der Waals surface area contributed by atoms with E-state index in [2.05, 4.69) is 16.0 Å². The molecule has 1 amide bonds. The number of nitrogen functional groups attached to an aromatic ring is 1. The van der Waals surface area contributed by atoms with Gasteiger partial charge >= 0.3 is 0 Å². The summed E-state index contributed by atoms with van der Waals surface area (Å²) in [6.07, 6.45) is 4.83. The van der Waals surface area contributed by atoms with E-state index in [4.69, 9.17) is 5.73 Å². The Bertz CT molecular complexity index is 739. The first-order valence-corrected chi connectivity index (χ1v) is 9.30. The Morgan fingerprint density at radius 3 is 2.73 bits per heavy atom. The molecular formula is C21H28N4O. The van der Waals surface area contributed by atoms with Gasteiger partial charge in [-0.15, -0.1) is 0 Å². The van der Waals surface area contributed by atoms with Crippen LogP contribution in [0.4, 0.5) is 5.69 Å². The van der Waals surface area contributed by atoms with Gasteiger partial charge < -0.3 is 15.5 Å². The van der Waals surface area contributed by atoms with Crippen molar-refractivity contribution in [2.24, 2.45) is 0 Å². The number of carbonyl (C=O) groups is 1. The first-order chi connectivity index (χ1) is 12.5. The van der Waals surface area contributed by atoms with E-state index in [9.17, 15) is 4.79 Å². The third-order valence-corrected chi connectivity index (χ3v) is 5.33. The molecule has 1 saturated heterocycles. The number of anilines is 1. The summed E-state index contributed by atoms with van der Waals surface area (Å²) in [6.45, 7) is 5.02. The smallest absolute Gasteiger partial charge is 0.254 e. The van der Waals surface area contributed by atoms with Crippen molar-refractivity contribution in [3.05, 3.63) is 59.4 Å². The number of pyridine rings is 1. The number of piperidine rings is 1. The van der Waals surface area contributed by atoms with Crippen LogP contribution in [0.3, 0.4) is 0 Å². The molecule has 2 heterocycles. The molecule has 1 aromatic carbocycles. The number of hydrogen-bond acceptors (Lipinski definition) is 4. The van der Waals surface area contributed by atoms with Crippen LogP contribution < -0.4 is 5.73 Å². The highest BCUT2D eigenvalue weighted by molar-refractivity contribution is 5.96. The predicted molar refractivity (Wildman–Crippen MR) is 105 cm³/mol. The molecule has 0 bridgehead atoms. The van der Waals surface area contributed by atoms with E-state index < -0.39 is 0 Å². The minimum absolute atomic E-state index is 0.0711. The highest BCUT2D eigenvalue weighted by atomic mass is 16.2. The van der Waals surface area contributed by atoms with E-state index in [1.165, 1.54) is 0 Å². The molecule has 1 aromatic heterocycles. The van der Waals surface area contributed by atoms with Gasteiger partial charge in [-0.2, -0.15) is 0 Å². The fraction of sp³-hybridized carbons (Fsp3) is 0.429. The van der Waals surface area contributed by atoms with Crippen molar-refractivity contribution in [3.8, 4) is 0 Å². The lowest BCUT2D eigenvalue weighted by Gasteiger charge is -2.37. The molecule has 1 aliphatic rings. The zero-order valence-electron chi connectivity index (χ0n) is 15.7. The van der Waals surface area contributed by atoms with Crippen LogP contribution in [0, 0.1) is 6.92 Å². The zero-order chi connectivity index (χ0) is 18.5. The van der Waals surface area contributed by atoms with Gasteiger partial charge in [0.1, 0.15) is 0 Å². The Kier molecular flexibility index (Phi) is 5.89. The highest BCUT2D eigenvalue weighted by Gasteiger charge is 2.26. The van der Waals surface area contributed by atoms with Gasteiger partial charge in [-0.3, -0.25) is 9.78 Å². The Labute approximate surface area is 155 Å². The highest BCUT2D eigenvalue weighted by Crippen LogP contribution is 2.20. The lowest BCUT2D eigenvalue weighted by molar-refractivity contribution is 0.0643. The molecule has 0 saturated carbocycles. The van der Waals surface area contributed by atoms with Crippen LogP contribution in [0.2, 0.25) is 0 Å². The summed E-state index contributed by atoms with van der Waals surface area (Å²) in [6, 6.07) is 11.9.